The van der Waals surface area contributed by atoms with Crippen LogP contribution in [-0.2, 0) is 17.8 Å². The summed E-state index contributed by atoms with van der Waals surface area (Å²) in [6, 6.07) is 19.6. The minimum Gasteiger partial charge on any atom is -0.369 e. The first kappa shape index (κ1) is 24.9. The zero-order chi connectivity index (χ0) is 25.9. The van der Waals surface area contributed by atoms with Crippen molar-refractivity contribution >= 4 is 51.7 Å². The van der Waals surface area contributed by atoms with Gasteiger partial charge in [-0.05, 0) is 54.3 Å². The first-order valence-corrected chi connectivity index (χ1v) is 12.9. The number of carbonyl (C=O) groups excluding carboxylic acids is 1. The largest absolute Gasteiger partial charge is 0.369 e. The number of halogens is 1. The molecule has 4 aromatic rings. The number of nitrogens with zero attached hydrogens (tertiary/aromatic N) is 3. The number of carbonyl (C=O) groups is 1. The van der Waals surface area contributed by atoms with E-state index in [2.05, 4.69) is 5.32 Å². The van der Waals surface area contributed by atoms with Gasteiger partial charge in [0.05, 0.1) is 17.0 Å². The van der Waals surface area contributed by atoms with Crippen molar-refractivity contribution in [2.24, 2.45) is 0 Å². The molecule has 0 unspecified atom stereocenters. The van der Waals surface area contributed by atoms with Crippen LogP contribution in [0.15, 0.2) is 82.6 Å². The number of pyridine rings is 1. The van der Waals surface area contributed by atoms with Crippen molar-refractivity contribution in [2.45, 2.75) is 19.9 Å². The third-order valence-corrected chi connectivity index (χ3v) is 7.41. The van der Waals surface area contributed by atoms with E-state index in [0.29, 0.717) is 32.8 Å². The molecule has 5 rings (SSSR count). The molecular weight excluding hydrogens is 507 g/mol. The average molecular weight is 531 g/mol. The molecule has 3 heterocycles. The van der Waals surface area contributed by atoms with Gasteiger partial charge >= 0.3 is 0 Å². The van der Waals surface area contributed by atoms with Crippen molar-refractivity contribution < 1.29 is 9.18 Å². The second-order valence-corrected chi connectivity index (χ2v) is 10.3. The van der Waals surface area contributed by atoms with Crippen molar-refractivity contribution in [2.75, 3.05) is 11.9 Å². The molecule has 1 aliphatic heterocycles. The van der Waals surface area contributed by atoms with Gasteiger partial charge in [0.1, 0.15) is 21.6 Å². The van der Waals surface area contributed by atoms with Crippen LogP contribution in [-0.4, -0.2) is 31.1 Å². The number of fused-ring (bicyclic) bond motifs is 1. The highest BCUT2D eigenvalue weighted by molar-refractivity contribution is 8.26. The second-order valence-electron chi connectivity index (χ2n) is 8.62. The lowest BCUT2D eigenvalue weighted by Crippen LogP contribution is -2.27. The van der Waals surface area contributed by atoms with E-state index in [9.17, 15) is 14.0 Å². The molecule has 0 radical (unpaired) electrons. The van der Waals surface area contributed by atoms with Gasteiger partial charge in [-0.2, -0.15) is 0 Å². The summed E-state index contributed by atoms with van der Waals surface area (Å²) in [5, 5.41) is 3.31. The van der Waals surface area contributed by atoms with Gasteiger partial charge in [0.15, 0.2) is 0 Å². The first-order chi connectivity index (χ1) is 17.9. The molecule has 186 valence electrons. The standard InChI is InChI=1S/C28H23FN4O2S2/c1-18-6-5-15-32-25(18)31-24(30-14-13-19-7-3-2-4-8-19)22(26(32)34)16-23-27(35)33(28(36)37-23)17-20-9-11-21(29)12-10-20/h2-12,15-16,30H,13-14,17H2,1H3/b23-16+. The van der Waals surface area contributed by atoms with Crippen molar-refractivity contribution in [3.63, 3.8) is 0 Å². The molecule has 2 aromatic heterocycles. The fourth-order valence-electron chi connectivity index (χ4n) is 4.09. The number of thioether (sulfide) groups is 1. The van der Waals surface area contributed by atoms with Crippen LogP contribution in [0.1, 0.15) is 22.3 Å². The lowest BCUT2D eigenvalue weighted by Gasteiger charge is -2.14. The van der Waals surface area contributed by atoms with Gasteiger partial charge in [-0.1, -0.05) is 72.5 Å². The van der Waals surface area contributed by atoms with Crippen molar-refractivity contribution in [1.29, 1.82) is 0 Å². The summed E-state index contributed by atoms with van der Waals surface area (Å²) < 4.78 is 15.2. The van der Waals surface area contributed by atoms with Crippen LogP contribution in [0.4, 0.5) is 10.2 Å². The zero-order valence-electron chi connectivity index (χ0n) is 20.0. The Balaban J connectivity index is 1.48. The minimum atomic E-state index is -0.346. The maximum atomic E-state index is 13.6. The summed E-state index contributed by atoms with van der Waals surface area (Å²) in [6.07, 6.45) is 3.98. The first-order valence-electron chi connectivity index (χ1n) is 11.7. The molecule has 37 heavy (non-hydrogen) atoms. The molecule has 6 nitrogen and oxygen atoms in total. The molecule has 1 amide bonds. The molecule has 9 heteroatoms. The van der Waals surface area contributed by atoms with Crippen molar-refractivity contribution in [3.05, 3.63) is 116 Å². The smallest absolute Gasteiger partial charge is 0.267 e. The molecule has 0 saturated carbocycles. The maximum absolute atomic E-state index is 13.6. The number of aromatic nitrogens is 2. The summed E-state index contributed by atoms with van der Waals surface area (Å²) in [5.41, 5.74) is 3.34. The highest BCUT2D eigenvalue weighted by Crippen LogP contribution is 2.34. The van der Waals surface area contributed by atoms with Gasteiger partial charge in [0.2, 0.25) is 0 Å². The Morgan fingerprint density at radius 2 is 1.78 bits per heavy atom. The maximum Gasteiger partial charge on any atom is 0.267 e. The lowest BCUT2D eigenvalue weighted by molar-refractivity contribution is -0.122. The third-order valence-electron chi connectivity index (χ3n) is 6.04. The number of anilines is 1. The second kappa shape index (κ2) is 10.7. The normalized spacial score (nSPS) is 14.6. The molecule has 1 aliphatic rings. The predicted octanol–water partition coefficient (Wildman–Crippen LogP) is 5.20. The molecule has 0 atom stereocenters. The van der Waals surface area contributed by atoms with Gasteiger partial charge in [-0.3, -0.25) is 18.9 Å². The fraction of sp³-hybridized carbons (Fsp3) is 0.143. The molecule has 1 saturated heterocycles. The van der Waals surface area contributed by atoms with E-state index in [4.69, 9.17) is 17.2 Å². The van der Waals surface area contributed by atoms with Gasteiger partial charge in [-0.25, -0.2) is 9.37 Å². The Morgan fingerprint density at radius 3 is 2.54 bits per heavy atom. The van der Waals surface area contributed by atoms with Crippen LogP contribution < -0.4 is 10.9 Å². The van der Waals surface area contributed by atoms with Crippen LogP contribution in [0.5, 0.6) is 0 Å². The van der Waals surface area contributed by atoms with Crippen molar-refractivity contribution in [1.82, 2.24) is 14.3 Å². The minimum absolute atomic E-state index is 0.221. The summed E-state index contributed by atoms with van der Waals surface area (Å²) in [7, 11) is 0. The summed E-state index contributed by atoms with van der Waals surface area (Å²) in [5.74, 6) is -0.233. The van der Waals surface area contributed by atoms with Gasteiger partial charge in [0, 0.05) is 12.7 Å². The summed E-state index contributed by atoms with van der Waals surface area (Å²) >= 11 is 6.60. The van der Waals surface area contributed by atoms with Crippen LogP contribution in [0, 0.1) is 12.7 Å². The Hall–Kier alpha value is -3.82. The van der Waals surface area contributed by atoms with E-state index in [1.54, 1.807) is 30.5 Å². The summed E-state index contributed by atoms with van der Waals surface area (Å²) in [6.45, 7) is 2.68. The Kier molecular flexibility index (Phi) is 7.16. The van der Waals surface area contributed by atoms with E-state index in [1.165, 1.54) is 21.4 Å². The Labute approximate surface area is 222 Å². The van der Waals surface area contributed by atoms with E-state index < -0.39 is 0 Å². The number of aryl methyl sites for hydroxylation is 1. The van der Waals surface area contributed by atoms with E-state index >= 15 is 0 Å². The molecule has 1 N–H and O–H groups in total. The zero-order valence-corrected chi connectivity index (χ0v) is 21.6. The average Bonchev–Trinajstić information content (AvgIpc) is 3.16. The number of benzene rings is 2. The van der Waals surface area contributed by atoms with Crippen LogP contribution >= 0.6 is 24.0 Å². The Bertz CT molecular complexity index is 1580. The van der Waals surface area contributed by atoms with Gasteiger partial charge in [0.25, 0.3) is 11.5 Å². The number of amides is 1. The van der Waals surface area contributed by atoms with Crippen molar-refractivity contribution in [3.8, 4) is 0 Å². The number of rotatable bonds is 7. The van der Waals surface area contributed by atoms with E-state index in [1.807, 2.05) is 43.3 Å². The molecule has 0 spiro atoms. The van der Waals surface area contributed by atoms with E-state index in [-0.39, 0.29) is 23.8 Å². The summed E-state index contributed by atoms with van der Waals surface area (Å²) in [4.78, 5) is 33.4. The quantitative estimate of drug-likeness (QED) is 0.262. The molecule has 0 bridgehead atoms. The number of hydrogen-bond acceptors (Lipinski definition) is 6. The Morgan fingerprint density at radius 1 is 1.03 bits per heavy atom. The molecule has 0 aliphatic carbocycles. The topological polar surface area (TPSA) is 66.7 Å². The third kappa shape index (κ3) is 5.33. The number of thiocarbonyl (C=S) groups is 1. The highest BCUT2D eigenvalue weighted by Gasteiger charge is 2.32. The van der Waals surface area contributed by atoms with Crippen LogP contribution in [0.2, 0.25) is 0 Å². The highest BCUT2D eigenvalue weighted by atomic mass is 32.2. The van der Waals surface area contributed by atoms with Crippen LogP contribution in [0.25, 0.3) is 11.7 Å². The SMILES string of the molecule is Cc1cccn2c(=O)c(/C=C3/SC(=S)N(Cc4ccc(F)cc4)C3=O)c(NCCc3ccccc3)nc12. The van der Waals surface area contributed by atoms with E-state index in [0.717, 1.165) is 34.9 Å². The molecule has 2 aromatic carbocycles. The van der Waals surface area contributed by atoms with Gasteiger partial charge < -0.3 is 5.32 Å². The van der Waals surface area contributed by atoms with Gasteiger partial charge in [-0.15, -0.1) is 0 Å². The number of hydrogen-bond donors (Lipinski definition) is 1. The monoisotopic (exact) mass is 530 g/mol. The number of nitrogens with one attached hydrogen (secondary N) is 1. The lowest BCUT2D eigenvalue weighted by atomic mass is 10.1. The van der Waals surface area contributed by atoms with Crippen LogP contribution in [0.3, 0.4) is 0 Å². The molecule has 1 fully saturated rings. The predicted molar refractivity (Wildman–Crippen MR) is 150 cm³/mol. The molecular formula is C28H23FN4O2S2. The fourth-order valence-corrected chi connectivity index (χ4v) is 5.32.